The van der Waals surface area contributed by atoms with Crippen molar-refractivity contribution in [2.75, 3.05) is 20.3 Å². The van der Waals surface area contributed by atoms with Crippen molar-refractivity contribution < 1.29 is 27.8 Å². The lowest BCUT2D eigenvalue weighted by atomic mass is 10.3. The van der Waals surface area contributed by atoms with Crippen LogP contribution in [0.5, 0.6) is 5.75 Å². The number of esters is 1. The molecule has 7 heteroatoms. The Morgan fingerprint density at radius 2 is 2.06 bits per heavy atom. The average molecular weight is 259 g/mol. The monoisotopic (exact) mass is 259 g/mol. The van der Waals surface area contributed by atoms with Crippen LogP contribution in [0.25, 0.3) is 0 Å². The number of rotatable bonds is 5. The molecule has 0 heterocycles. The van der Waals surface area contributed by atoms with E-state index < -0.39 is 30.1 Å². The van der Waals surface area contributed by atoms with Gasteiger partial charge in [-0.3, -0.25) is 9.59 Å². The Balaban J connectivity index is 2.40. The topological polar surface area (TPSA) is 64.6 Å². The molecule has 0 spiro atoms. The number of benzene rings is 1. The first-order valence-corrected chi connectivity index (χ1v) is 4.94. The predicted molar refractivity (Wildman–Crippen MR) is 56.9 cm³/mol. The standard InChI is InChI=1S/C11H11F2NO4/c1-17-11(16)5-14-10(15)6-18-9-3-2-7(12)4-8(9)13/h2-4H,5-6H2,1H3,(H,14,15). The van der Waals surface area contributed by atoms with Crippen molar-refractivity contribution in [3.8, 4) is 5.75 Å². The van der Waals surface area contributed by atoms with E-state index >= 15 is 0 Å². The Labute approximate surface area is 102 Å². The highest BCUT2D eigenvalue weighted by atomic mass is 19.1. The van der Waals surface area contributed by atoms with Crippen molar-refractivity contribution in [1.29, 1.82) is 0 Å². The van der Waals surface area contributed by atoms with E-state index in [0.29, 0.717) is 6.07 Å². The normalized spacial score (nSPS) is 9.72. The van der Waals surface area contributed by atoms with Gasteiger partial charge in [-0.25, -0.2) is 8.78 Å². The van der Waals surface area contributed by atoms with Crippen LogP contribution < -0.4 is 10.1 Å². The molecule has 0 saturated heterocycles. The summed E-state index contributed by atoms with van der Waals surface area (Å²) < 4.78 is 34.8. The zero-order valence-electron chi connectivity index (χ0n) is 9.54. The molecule has 0 radical (unpaired) electrons. The molecule has 0 aliphatic rings. The fraction of sp³-hybridized carbons (Fsp3) is 0.273. The summed E-state index contributed by atoms with van der Waals surface area (Å²) in [5.41, 5.74) is 0. The fourth-order valence-corrected chi connectivity index (χ4v) is 1.03. The summed E-state index contributed by atoms with van der Waals surface area (Å²) in [6.45, 7) is -0.788. The second-order valence-electron chi connectivity index (χ2n) is 3.22. The number of carbonyl (C=O) groups excluding carboxylic acids is 2. The Kier molecular flexibility index (Phi) is 5.04. The minimum absolute atomic E-state index is 0.246. The summed E-state index contributed by atoms with van der Waals surface area (Å²) in [4.78, 5) is 21.9. The van der Waals surface area contributed by atoms with E-state index in [9.17, 15) is 18.4 Å². The number of nitrogens with one attached hydrogen (secondary N) is 1. The minimum Gasteiger partial charge on any atom is -0.481 e. The van der Waals surface area contributed by atoms with E-state index in [2.05, 4.69) is 10.1 Å². The molecule has 0 aliphatic heterocycles. The van der Waals surface area contributed by atoms with Crippen LogP contribution in [0.1, 0.15) is 0 Å². The predicted octanol–water partition coefficient (Wildman–Crippen LogP) is 0.633. The highest BCUT2D eigenvalue weighted by Crippen LogP contribution is 2.17. The van der Waals surface area contributed by atoms with E-state index in [1.54, 1.807) is 0 Å². The molecule has 0 unspecified atom stereocenters. The summed E-state index contributed by atoms with van der Waals surface area (Å²) in [6.07, 6.45) is 0. The zero-order chi connectivity index (χ0) is 13.5. The molecular formula is C11H11F2NO4. The van der Waals surface area contributed by atoms with Crippen molar-refractivity contribution in [2.24, 2.45) is 0 Å². The third-order valence-corrected chi connectivity index (χ3v) is 1.91. The fourth-order valence-electron chi connectivity index (χ4n) is 1.03. The molecule has 0 atom stereocenters. The van der Waals surface area contributed by atoms with Crippen molar-refractivity contribution in [3.05, 3.63) is 29.8 Å². The van der Waals surface area contributed by atoms with Gasteiger partial charge in [-0.15, -0.1) is 0 Å². The third-order valence-electron chi connectivity index (χ3n) is 1.91. The van der Waals surface area contributed by atoms with Crippen LogP contribution in [-0.4, -0.2) is 32.1 Å². The lowest BCUT2D eigenvalue weighted by molar-refractivity contribution is -0.141. The molecule has 1 rings (SSSR count). The molecule has 0 aliphatic carbocycles. The van der Waals surface area contributed by atoms with Gasteiger partial charge < -0.3 is 14.8 Å². The van der Waals surface area contributed by atoms with Gasteiger partial charge in [0.1, 0.15) is 12.4 Å². The average Bonchev–Trinajstić information content (AvgIpc) is 2.34. The summed E-state index contributed by atoms with van der Waals surface area (Å²) in [5, 5.41) is 2.20. The Morgan fingerprint density at radius 3 is 2.67 bits per heavy atom. The first-order valence-electron chi connectivity index (χ1n) is 4.94. The number of halogens is 2. The number of ether oxygens (including phenoxy) is 2. The molecule has 0 aromatic heterocycles. The summed E-state index contributed by atoms with van der Waals surface area (Å²) in [5.74, 6) is -3.13. The van der Waals surface area contributed by atoms with Crippen LogP contribution in [0.4, 0.5) is 8.78 Å². The number of carbonyl (C=O) groups is 2. The molecular weight excluding hydrogens is 248 g/mol. The highest BCUT2D eigenvalue weighted by Gasteiger charge is 2.09. The molecule has 98 valence electrons. The summed E-state index contributed by atoms with van der Waals surface area (Å²) >= 11 is 0. The van der Waals surface area contributed by atoms with Crippen LogP contribution >= 0.6 is 0 Å². The molecule has 1 aromatic rings. The molecule has 0 bridgehead atoms. The smallest absolute Gasteiger partial charge is 0.325 e. The van der Waals surface area contributed by atoms with Crippen molar-refractivity contribution >= 4 is 11.9 Å². The largest absolute Gasteiger partial charge is 0.481 e. The zero-order valence-corrected chi connectivity index (χ0v) is 9.54. The van der Waals surface area contributed by atoms with Gasteiger partial charge in [0.05, 0.1) is 7.11 Å². The SMILES string of the molecule is COC(=O)CNC(=O)COc1ccc(F)cc1F. The van der Waals surface area contributed by atoms with Gasteiger partial charge in [0, 0.05) is 6.07 Å². The van der Waals surface area contributed by atoms with Crippen LogP contribution in [0, 0.1) is 11.6 Å². The van der Waals surface area contributed by atoms with Crippen molar-refractivity contribution in [2.45, 2.75) is 0 Å². The van der Waals surface area contributed by atoms with Crippen LogP contribution in [0.15, 0.2) is 18.2 Å². The Hall–Kier alpha value is -2.18. The summed E-state index contributed by atoms with van der Waals surface area (Å²) in [6, 6.07) is 2.71. The quantitative estimate of drug-likeness (QED) is 0.788. The highest BCUT2D eigenvalue weighted by molar-refractivity contribution is 5.82. The lowest BCUT2D eigenvalue weighted by Gasteiger charge is -2.07. The second-order valence-corrected chi connectivity index (χ2v) is 3.22. The van der Waals surface area contributed by atoms with E-state index in [1.165, 1.54) is 7.11 Å². The molecule has 0 fully saturated rings. The Bertz CT molecular complexity index is 451. The molecule has 5 nitrogen and oxygen atoms in total. The van der Waals surface area contributed by atoms with Crippen LogP contribution in [-0.2, 0) is 14.3 Å². The maximum absolute atomic E-state index is 13.1. The van der Waals surface area contributed by atoms with Gasteiger partial charge in [0.25, 0.3) is 5.91 Å². The van der Waals surface area contributed by atoms with Gasteiger partial charge in [-0.1, -0.05) is 0 Å². The second kappa shape index (κ2) is 6.53. The maximum Gasteiger partial charge on any atom is 0.325 e. The van der Waals surface area contributed by atoms with E-state index in [-0.39, 0.29) is 12.3 Å². The molecule has 1 N–H and O–H groups in total. The molecule has 0 saturated carbocycles. The lowest BCUT2D eigenvalue weighted by Crippen LogP contribution is -2.33. The van der Waals surface area contributed by atoms with Gasteiger partial charge in [-0.2, -0.15) is 0 Å². The van der Waals surface area contributed by atoms with E-state index in [0.717, 1.165) is 12.1 Å². The van der Waals surface area contributed by atoms with Crippen molar-refractivity contribution in [3.63, 3.8) is 0 Å². The van der Waals surface area contributed by atoms with E-state index in [4.69, 9.17) is 4.74 Å². The van der Waals surface area contributed by atoms with Gasteiger partial charge >= 0.3 is 5.97 Å². The minimum atomic E-state index is -0.907. The van der Waals surface area contributed by atoms with Crippen LogP contribution in [0.3, 0.4) is 0 Å². The Morgan fingerprint density at radius 1 is 1.33 bits per heavy atom. The maximum atomic E-state index is 13.1. The van der Waals surface area contributed by atoms with Gasteiger partial charge in [0.2, 0.25) is 0 Å². The van der Waals surface area contributed by atoms with Crippen LogP contribution in [0.2, 0.25) is 0 Å². The molecule has 1 amide bonds. The molecule has 1 aromatic carbocycles. The number of hydrogen-bond donors (Lipinski definition) is 1. The number of amides is 1. The van der Waals surface area contributed by atoms with E-state index in [1.807, 2.05) is 0 Å². The number of hydrogen-bond acceptors (Lipinski definition) is 4. The molecule has 18 heavy (non-hydrogen) atoms. The summed E-state index contributed by atoms with van der Waals surface area (Å²) in [7, 11) is 1.18. The number of methoxy groups -OCH3 is 1. The third kappa shape index (κ3) is 4.36. The van der Waals surface area contributed by atoms with Gasteiger partial charge in [0.15, 0.2) is 18.2 Å². The van der Waals surface area contributed by atoms with Crippen molar-refractivity contribution in [1.82, 2.24) is 5.32 Å². The first kappa shape index (κ1) is 13.9. The van der Waals surface area contributed by atoms with Gasteiger partial charge in [-0.05, 0) is 12.1 Å². The first-order chi connectivity index (χ1) is 8.52.